The lowest BCUT2D eigenvalue weighted by Crippen LogP contribution is -2.36. The summed E-state index contributed by atoms with van der Waals surface area (Å²) in [7, 11) is 0. The highest BCUT2D eigenvalue weighted by Gasteiger charge is 2.33. The van der Waals surface area contributed by atoms with Crippen LogP contribution >= 0.6 is 0 Å². The SMILES string of the molecule is NC[C@@H]1CN(CC(=O)NCc2ccccc2)C[C@H]1c1ccccc1. The fourth-order valence-electron chi connectivity index (χ4n) is 3.46. The summed E-state index contributed by atoms with van der Waals surface area (Å²) < 4.78 is 0. The zero-order chi connectivity index (χ0) is 16.8. The van der Waals surface area contributed by atoms with E-state index in [1.807, 2.05) is 36.4 Å². The van der Waals surface area contributed by atoms with Gasteiger partial charge in [-0.15, -0.1) is 0 Å². The van der Waals surface area contributed by atoms with Crippen molar-refractivity contribution >= 4 is 5.91 Å². The number of nitrogens with zero attached hydrogens (tertiary/aromatic N) is 1. The summed E-state index contributed by atoms with van der Waals surface area (Å²) in [6.07, 6.45) is 0. The van der Waals surface area contributed by atoms with E-state index in [0.29, 0.717) is 31.5 Å². The summed E-state index contributed by atoms with van der Waals surface area (Å²) >= 11 is 0. The predicted molar refractivity (Wildman–Crippen MR) is 96.5 cm³/mol. The van der Waals surface area contributed by atoms with E-state index in [1.165, 1.54) is 5.56 Å². The van der Waals surface area contributed by atoms with E-state index >= 15 is 0 Å². The molecule has 2 aromatic rings. The van der Waals surface area contributed by atoms with Crippen LogP contribution in [0.1, 0.15) is 17.0 Å². The van der Waals surface area contributed by atoms with E-state index in [2.05, 4.69) is 34.5 Å². The Bertz CT molecular complexity index is 644. The van der Waals surface area contributed by atoms with Crippen LogP contribution < -0.4 is 11.1 Å². The monoisotopic (exact) mass is 323 g/mol. The standard InChI is InChI=1S/C20H25N3O/c21-11-18-13-23(14-19(18)17-9-5-2-6-10-17)15-20(24)22-12-16-7-3-1-4-8-16/h1-10,18-19H,11-15,21H2,(H,22,24)/t18-,19+/m1/s1. The van der Waals surface area contributed by atoms with Crippen molar-refractivity contribution in [3.05, 3.63) is 71.8 Å². The lowest BCUT2D eigenvalue weighted by Gasteiger charge is -2.16. The molecule has 1 saturated heterocycles. The molecule has 0 spiro atoms. The number of rotatable bonds is 6. The van der Waals surface area contributed by atoms with Crippen LogP contribution in [0.3, 0.4) is 0 Å². The van der Waals surface area contributed by atoms with Crippen LogP contribution in [0.15, 0.2) is 60.7 Å². The van der Waals surface area contributed by atoms with Crippen LogP contribution in [-0.4, -0.2) is 37.0 Å². The molecule has 0 unspecified atom stereocenters. The highest BCUT2D eigenvalue weighted by Crippen LogP contribution is 2.31. The fraction of sp³-hybridized carbons (Fsp3) is 0.350. The van der Waals surface area contributed by atoms with E-state index < -0.39 is 0 Å². The zero-order valence-corrected chi connectivity index (χ0v) is 13.9. The average Bonchev–Trinajstić information content (AvgIpc) is 3.04. The Morgan fingerprint density at radius 3 is 2.38 bits per heavy atom. The second-order valence-corrected chi connectivity index (χ2v) is 6.47. The number of hydrogen-bond acceptors (Lipinski definition) is 3. The molecule has 0 aromatic heterocycles. The Hall–Kier alpha value is -2.17. The first-order valence-corrected chi connectivity index (χ1v) is 8.54. The van der Waals surface area contributed by atoms with Crippen molar-refractivity contribution in [1.82, 2.24) is 10.2 Å². The molecule has 24 heavy (non-hydrogen) atoms. The van der Waals surface area contributed by atoms with Gasteiger partial charge >= 0.3 is 0 Å². The largest absolute Gasteiger partial charge is 0.351 e. The van der Waals surface area contributed by atoms with Gasteiger partial charge in [-0.1, -0.05) is 60.7 Å². The van der Waals surface area contributed by atoms with E-state index in [4.69, 9.17) is 5.73 Å². The molecular formula is C20H25N3O. The van der Waals surface area contributed by atoms with E-state index in [-0.39, 0.29) is 5.91 Å². The minimum absolute atomic E-state index is 0.0725. The van der Waals surface area contributed by atoms with Crippen LogP contribution in [0.5, 0.6) is 0 Å². The molecule has 4 heteroatoms. The molecule has 3 rings (SSSR count). The van der Waals surface area contributed by atoms with Gasteiger partial charge in [0.25, 0.3) is 0 Å². The third kappa shape index (κ3) is 4.22. The summed E-state index contributed by atoms with van der Waals surface area (Å²) in [6.45, 7) is 3.45. The van der Waals surface area contributed by atoms with Crippen molar-refractivity contribution in [2.45, 2.75) is 12.5 Å². The topological polar surface area (TPSA) is 58.4 Å². The molecule has 0 radical (unpaired) electrons. The van der Waals surface area contributed by atoms with Crippen molar-refractivity contribution in [3.63, 3.8) is 0 Å². The van der Waals surface area contributed by atoms with Gasteiger partial charge in [-0.2, -0.15) is 0 Å². The van der Waals surface area contributed by atoms with Gasteiger partial charge in [0.1, 0.15) is 0 Å². The van der Waals surface area contributed by atoms with Crippen molar-refractivity contribution in [1.29, 1.82) is 0 Å². The molecule has 0 saturated carbocycles. The molecular weight excluding hydrogens is 298 g/mol. The number of nitrogens with one attached hydrogen (secondary N) is 1. The van der Waals surface area contributed by atoms with Crippen LogP contribution in [-0.2, 0) is 11.3 Å². The first-order valence-electron chi connectivity index (χ1n) is 8.54. The molecule has 2 aromatic carbocycles. The Morgan fingerprint density at radius 1 is 1.04 bits per heavy atom. The minimum atomic E-state index is 0.0725. The van der Waals surface area contributed by atoms with Gasteiger partial charge in [0.05, 0.1) is 6.54 Å². The molecule has 1 amide bonds. The van der Waals surface area contributed by atoms with Crippen molar-refractivity contribution < 1.29 is 4.79 Å². The third-order valence-corrected chi connectivity index (χ3v) is 4.75. The number of carbonyl (C=O) groups excluding carboxylic acids is 1. The normalized spacial score (nSPS) is 20.9. The number of likely N-dealkylation sites (tertiary alicyclic amines) is 1. The molecule has 0 aliphatic carbocycles. The lowest BCUT2D eigenvalue weighted by atomic mass is 9.89. The molecule has 4 nitrogen and oxygen atoms in total. The molecule has 1 fully saturated rings. The van der Waals surface area contributed by atoms with Gasteiger partial charge in [0, 0.05) is 25.6 Å². The predicted octanol–water partition coefficient (Wildman–Crippen LogP) is 1.98. The van der Waals surface area contributed by atoms with Gasteiger partial charge in [0.2, 0.25) is 5.91 Å². The molecule has 1 heterocycles. The molecule has 0 bridgehead atoms. The number of hydrogen-bond donors (Lipinski definition) is 2. The smallest absolute Gasteiger partial charge is 0.234 e. The first kappa shape index (κ1) is 16.7. The third-order valence-electron chi connectivity index (χ3n) is 4.75. The molecule has 1 aliphatic heterocycles. The maximum Gasteiger partial charge on any atom is 0.234 e. The Labute approximate surface area is 143 Å². The van der Waals surface area contributed by atoms with Crippen molar-refractivity contribution in [3.8, 4) is 0 Å². The maximum atomic E-state index is 12.2. The second-order valence-electron chi connectivity index (χ2n) is 6.47. The first-order chi connectivity index (χ1) is 11.8. The summed E-state index contributed by atoms with van der Waals surface area (Å²) in [5.74, 6) is 0.899. The van der Waals surface area contributed by atoms with Crippen molar-refractivity contribution in [2.24, 2.45) is 11.7 Å². The number of carbonyl (C=O) groups is 1. The highest BCUT2D eigenvalue weighted by molar-refractivity contribution is 5.78. The van der Waals surface area contributed by atoms with E-state index in [9.17, 15) is 4.79 Å². The van der Waals surface area contributed by atoms with Crippen LogP contribution in [0, 0.1) is 5.92 Å². The van der Waals surface area contributed by atoms with Gasteiger partial charge in [0.15, 0.2) is 0 Å². The fourth-order valence-corrected chi connectivity index (χ4v) is 3.46. The lowest BCUT2D eigenvalue weighted by molar-refractivity contribution is -0.122. The van der Waals surface area contributed by atoms with Gasteiger partial charge in [-0.25, -0.2) is 0 Å². The van der Waals surface area contributed by atoms with Gasteiger partial charge < -0.3 is 11.1 Å². The van der Waals surface area contributed by atoms with E-state index in [0.717, 1.165) is 18.7 Å². The van der Waals surface area contributed by atoms with Crippen LogP contribution in [0.2, 0.25) is 0 Å². The molecule has 3 N–H and O–H groups in total. The number of amides is 1. The number of benzene rings is 2. The zero-order valence-electron chi connectivity index (χ0n) is 13.9. The molecule has 2 atom stereocenters. The summed E-state index contributed by atoms with van der Waals surface area (Å²) in [4.78, 5) is 14.4. The van der Waals surface area contributed by atoms with Crippen LogP contribution in [0.4, 0.5) is 0 Å². The Balaban J connectivity index is 1.53. The van der Waals surface area contributed by atoms with Crippen molar-refractivity contribution in [2.75, 3.05) is 26.2 Å². The van der Waals surface area contributed by atoms with E-state index in [1.54, 1.807) is 0 Å². The van der Waals surface area contributed by atoms with Crippen LogP contribution in [0.25, 0.3) is 0 Å². The molecule has 126 valence electrons. The molecule has 1 aliphatic rings. The van der Waals surface area contributed by atoms with Gasteiger partial charge in [-0.3, -0.25) is 9.69 Å². The average molecular weight is 323 g/mol. The summed E-state index contributed by atoms with van der Waals surface area (Å²) in [6, 6.07) is 20.5. The minimum Gasteiger partial charge on any atom is -0.351 e. The quantitative estimate of drug-likeness (QED) is 0.854. The summed E-state index contributed by atoms with van der Waals surface area (Å²) in [5.41, 5.74) is 8.40. The second kappa shape index (κ2) is 8.08. The maximum absolute atomic E-state index is 12.2. The highest BCUT2D eigenvalue weighted by atomic mass is 16.2. The van der Waals surface area contributed by atoms with Gasteiger partial charge in [-0.05, 0) is 23.6 Å². The Morgan fingerprint density at radius 2 is 1.71 bits per heavy atom. The Kier molecular flexibility index (Phi) is 5.62. The summed E-state index contributed by atoms with van der Waals surface area (Å²) in [5, 5.41) is 3.00. The number of nitrogens with two attached hydrogens (primary N) is 1.